The Hall–Kier alpha value is -3.15. The maximum absolute atomic E-state index is 13.4. The summed E-state index contributed by atoms with van der Waals surface area (Å²) in [7, 11) is 1.53. The maximum Gasteiger partial charge on any atom is 0.129 e. The zero-order chi connectivity index (χ0) is 15.8. The van der Waals surface area contributed by atoms with Crippen LogP contribution in [0.4, 0.5) is 4.39 Å². The van der Waals surface area contributed by atoms with Crippen LogP contribution in [0.2, 0.25) is 0 Å². The molecule has 0 saturated heterocycles. The van der Waals surface area contributed by atoms with E-state index in [9.17, 15) is 4.39 Å². The number of rotatable bonds is 3. The summed E-state index contributed by atoms with van der Waals surface area (Å²) < 4.78 is 20.7. The Kier molecular flexibility index (Phi) is 3.08. The molecule has 0 amide bonds. The lowest BCUT2D eigenvalue weighted by molar-refractivity contribution is 0.413. The molecule has 6 heteroatoms. The second-order valence-electron chi connectivity index (χ2n) is 5.16. The standard InChI is InChI=1S/C17H13FN4O/c1-23-17-5-13(18)2-3-14(17)11-4-15(12-6-20-21-7-12)16-8-19-10-22(16)9-11/h2-10H,1H3,(H,20,21). The molecule has 0 spiro atoms. The molecule has 0 aliphatic heterocycles. The molecule has 23 heavy (non-hydrogen) atoms. The molecular weight excluding hydrogens is 295 g/mol. The van der Waals surface area contributed by atoms with Crippen molar-refractivity contribution in [2.24, 2.45) is 0 Å². The lowest BCUT2D eigenvalue weighted by Gasteiger charge is -2.11. The van der Waals surface area contributed by atoms with Gasteiger partial charge in [-0.05, 0) is 18.2 Å². The minimum Gasteiger partial charge on any atom is -0.496 e. The number of nitrogens with zero attached hydrogens (tertiary/aromatic N) is 3. The first-order valence-electron chi connectivity index (χ1n) is 7.05. The Bertz CT molecular complexity index is 976. The van der Waals surface area contributed by atoms with Crippen LogP contribution in [0.25, 0.3) is 27.8 Å². The Morgan fingerprint density at radius 2 is 2.04 bits per heavy atom. The summed E-state index contributed by atoms with van der Waals surface area (Å²) in [5.74, 6) is 0.159. The largest absolute Gasteiger partial charge is 0.496 e. The average Bonchev–Trinajstić information content (AvgIpc) is 3.25. The van der Waals surface area contributed by atoms with Gasteiger partial charge in [-0.2, -0.15) is 5.10 Å². The highest BCUT2D eigenvalue weighted by atomic mass is 19.1. The third-order valence-corrected chi connectivity index (χ3v) is 3.80. The number of aromatic nitrogens is 4. The van der Waals surface area contributed by atoms with Crippen LogP contribution >= 0.6 is 0 Å². The summed E-state index contributed by atoms with van der Waals surface area (Å²) >= 11 is 0. The lowest BCUT2D eigenvalue weighted by atomic mass is 10.0. The number of aromatic amines is 1. The fraction of sp³-hybridized carbons (Fsp3) is 0.0588. The van der Waals surface area contributed by atoms with Crippen LogP contribution < -0.4 is 4.74 Å². The first kappa shape index (κ1) is 13.5. The van der Waals surface area contributed by atoms with Crippen molar-refractivity contribution in [3.05, 3.63) is 61.2 Å². The van der Waals surface area contributed by atoms with Gasteiger partial charge in [-0.1, -0.05) is 0 Å². The molecule has 3 heterocycles. The van der Waals surface area contributed by atoms with Crippen molar-refractivity contribution < 1.29 is 9.13 Å². The van der Waals surface area contributed by atoms with Crippen molar-refractivity contribution >= 4 is 5.52 Å². The van der Waals surface area contributed by atoms with Crippen LogP contribution in [0, 0.1) is 5.82 Å². The van der Waals surface area contributed by atoms with Crippen LogP contribution in [0.3, 0.4) is 0 Å². The van der Waals surface area contributed by atoms with Crippen molar-refractivity contribution in [2.45, 2.75) is 0 Å². The number of nitrogens with one attached hydrogen (secondary N) is 1. The zero-order valence-electron chi connectivity index (χ0n) is 12.3. The molecular formula is C17H13FN4O. The SMILES string of the molecule is COc1cc(F)ccc1-c1cc(-c2cn[nH]c2)c2cncn2c1. The van der Waals surface area contributed by atoms with Gasteiger partial charge in [0.05, 0.1) is 31.3 Å². The average molecular weight is 308 g/mol. The topological polar surface area (TPSA) is 55.2 Å². The van der Waals surface area contributed by atoms with Gasteiger partial charge in [0.2, 0.25) is 0 Å². The van der Waals surface area contributed by atoms with Crippen molar-refractivity contribution in [1.29, 1.82) is 0 Å². The zero-order valence-corrected chi connectivity index (χ0v) is 12.3. The maximum atomic E-state index is 13.4. The molecule has 5 nitrogen and oxygen atoms in total. The summed E-state index contributed by atoms with van der Waals surface area (Å²) in [5.41, 5.74) is 4.63. The highest BCUT2D eigenvalue weighted by Gasteiger charge is 2.13. The van der Waals surface area contributed by atoms with E-state index in [1.54, 1.807) is 24.8 Å². The Morgan fingerprint density at radius 3 is 2.83 bits per heavy atom. The number of hydrogen-bond acceptors (Lipinski definition) is 3. The molecule has 3 aromatic heterocycles. The summed E-state index contributed by atoms with van der Waals surface area (Å²) in [6, 6.07) is 6.54. The molecule has 4 rings (SSSR count). The van der Waals surface area contributed by atoms with E-state index in [0.29, 0.717) is 5.75 Å². The van der Waals surface area contributed by atoms with E-state index >= 15 is 0 Å². The number of ether oxygens (including phenoxy) is 1. The monoisotopic (exact) mass is 308 g/mol. The second-order valence-corrected chi connectivity index (χ2v) is 5.16. The Labute approximate surface area is 131 Å². The molecule has 0 atom stereocenters. The van der Waals surface area contributed by atoms with Gasteiger partial charge in [0.25, 0.3) is 0 Å². The van der Waals surface area contributed by atoms with E-state index in [0.717, 1.165) is 27.8 Å². The van der Waals surface area contributed by atoms with E-state index in [1.165, 1.54) is 19.2 Å². The van der Waals surface area contributed by atoms with Crippen molar-refractivity contribution in [3.63, 3.8) is 0 Å². The fourth-order valence-corrected chi connectivity index (χ4v) is 2.71. The van der Waals surface area contributed by atoms with E-state index in [2.05, 4.69) is 15.2 Å². The molecule has 0 radical (unpaired) electrons. The summed E-state index contributed by atoms with van der Waals surface area (Å²) in [5, 5.41) is 6.83. The van der Waals surface area contributed by atoms with E-state index in [4.69, 9.17) is 4.74 Å². The molecule has 1 aromatic carbocycles. The molecule has 0 bridgehead atoms. The molecule has 0 fully saturated rings. The quantitative estimate of drug-likeness (QED) is 0.630. The van der Waals surface area contributed by atoms with E-state index in [-0.39, 0.29) is 5.82 Å². The number of methoxy groups -OCH3 is 1. The fourth-order valence-electron chi connectivity index (χ4n) is 2.71. The molecule has 0 aliphatic rings. The van der Waals surface area contributed by atoms with Crippen LogP contribution in [-0.2, 0) is 0 Å². The Balaban J connectivity index is 1.98. The van der Waals surface area contributed by atoms with Crippen molar-refractivity contribution in [1.82, 2.24) is 19.6 Å². The summed E-state index contributed by atoms with van der Waals surface area (Å²) in [4.78, 5) is 4.20. The first-order chi connectivity index (χ1) is 11.3. The van der Waals surface area contributed by atoms with Crippen molar-refractivity contribution in [2.75, 3.05) is 7.11 Å². The minimum atomic E-state index is -0.329. The number of hydrogen-bond donors (Lipinski definition) is 1. The van der Waals surface area contributed by atoms with Crippen LogP contribution in [-0.4, -0.2) is 26.7 Å². The van der Waals surface area contributed by atoms with Gasteiger partial charge in [-0.25, -0.2) is 9.37 Å². The van der Waals surface area contributed by atoms with Crippen molar-refractivity contribution in [3.8, 4) is 28.0 Å². The van der Waals surface area contributed by atoms with Crippen LogP contribution in [0.1, 0.15) is 0 Å². The highest BCUT2D eigenvalue weighted by Crippen LogP contribution is 2.34. The third kappa shape index (κ3) is 2.24. The normalized spacial score (nSPS) is 11.0. The van der Waals surface area contributed by atoms with E-state index in [1.807, 2.05) is 22.9 Å². The van der Waals surface area contributed by atoms with Gasteiger partial charge in [0.15, 0.2) is 0 Å². The number of pyridine rings is 1. The molecule has 0 unspecified atom stereocenters. The highest BCUT2D eigenvalue weighted by molar-refractivity contribution is 5.84. The van der Waals surface area contributed by atoms with Crippen LogP contribution in [0.5, 0.6) is 5.75 Å². The smallest absolute Gasteiger partial charge is 0.129 e. The number of H-pyrrole nitrogens is 1. The number of benzene rings is 1. The molecule has 0 saturated carbocycles. The minimum absolute atomic E-state index is 0.329. The predicted molar refractivity (Wildman–Crippen MR) is 84.7 cm³/mol. The Morgan fingerprint density at radius 1 is 1.13 bits per heavy atom. The molecule has 1 N–H and O–H groups in total. The second kappa shape index (κ2) is 5.24. The summed E-state index contributed by atoms with van der Waals surface area (Å²) in [6.45, 7) is 0. The predicted octanol–water partition coefficient (Wildman–Crippen LogP) is 3.54. The van der Waals surface area contributed by atoms with Gasteiger partial charge in [-0.3, -0.25) is 5.10 Å². The number of halogens is 1. The van der Waals surface area contributed by atoms with Gasteiger partial charge in [-0.15, -0.1) is 0 Å². The van der Waals surface area contributed by atoms with Gasteiger partial charge in [0.1, 0.15) is 11.6 Å². The first-order valence-corrected chi connectivity index (χ1v) is 7.05. The molecule has 0 aliphatic carbocycles. The number of imidazole rings is 1. The van der Waals surface area contributed by atoms with Gasteiger partial charge in [0, 0.05) is 40.7 Å². The molecule has 114 valence electrons. The molecule has 4 aromatic rings. The van der Waals surface area contributed by atoms with Crippen LogP contribution in [0.15, 0.2) is 55.4 Å². The van der Waals surface area contributed by atoms with Gasteiger partial charge >= 0.3 is 0 Å². The summed E-state index contributed by atoms with van der Waals surface area (Å²) in [6.07, 6.45) is 9.07. The lowest BCUT2D eigenvalue weighted by Crippen LogP contribution is -1.93. The van der Waals surface area contributed by atoms with E-state index < -0.39 is 0 Å². The number of fused-ring (bicyclic) bond motifs is 1. The third-order valence-electron chi connectivity index (χ3n) is 3.80. The van der Waals surface area contributed by atoms with Gasteiger partial charge < -0.3 is 9.14 Å².